The van der Waals surface area contributed by atoms with Gasteiger partial charge >= 0.3 is 12.2 Å². The molecule has 8 nitrogen and oxygen atoms in total. The smallest absolute Gasteiger partial charge is 0.417 e. The van der Waals surface area contributed by atoms with E-state index in [1.54, 1.807) is 0 Å². The maximum Gasteiger partial charge on any atom is 0.417 e. The molecule has 1 aliphatic rings. The van der Waals surface area contributed by atoms with E-state index in [9.17, 15) is 38.5 Å². The molecular weight excluding hydrogens is 378 g/mol. The van der Waals surface area contributed by atoms with Crippen LogP contribution in [0.1, 0.15) is 44.6 Å². The summed E-state index contributed by atoms with van der Waals surface area (Å²) in [5.41, 5.74) is -3.70. The van der Waals surface area contributed by atoms with E-state index >= 15 is 0 Å². The van der Waals surface area contributed by atoms with E-state index in [1.165, 1.54) is 26.0 Å². The molecule has 154 valence electrons. The number of benzene rings is 1. The highest BCUT2D eigenvalue weighted by Gasteiger charge is 2.53. The van der Waals surface area contributed by atoms with Gasteiger partial charge in [-0.3, -0.25) is 4.79 Å². The molecule has 3 amide bonds. The number of aliphatic hydroxyl groups is 1. The molecule has 0 bridgehead atoms. The molecular formula is C18H22F2N2O6. The van der Waals surface area contributed by atoms with Gasteiger partial charge in [-0.2, -0.15) is 4.90 Å². The fraction of sp³-hybridized carbons (Fsp3) is 0.500. The molecule has 1 saturated heterocycles. The Kier molecular flexibility index (Phi) is 5.93. The minimum absolute atomic E-state index is 0.00319. The van der Waals surface area contributed by atoms with Gasteiger partial charge in [0.2, 0.25) is 5.91 Å². The molecule has 4 N–H and O–H groups in total. The summed E-state index contributed by atoms with van der Waals surface area (Å²) in [6, 6.07) is 3.61. The Balaban J connectivity index is 2.49. The van der Waals surface area contributed by atoms with Crippen LogP contribution in [0.2, 0.25) is 0 Å². The average molecular weight is 400 g/mol. The van der Waals surface area contributed by atoms with Crippen molar-refractivity contribution in [3.8, 4) is 0 Å². The summed E-state index contributed by atoms with van der Waals surface area (Å²) < 4.78 is 27.7. The summed E-state index contributed by atoms with van der Waals surface area (Å²) in [7, 11) is 0. The van der Waals surface area contributed by atoms with Crippen molar-refractivity contribution in [2.24, 2.45) is 0 Å². The number of amides is 3. The number of carbonyl (C=O) groups is 3. The molecule has 2 atom stereocenters. The summed E-state index contributed by atoms with van der Waals surface area (Å²) >= 11 is 0. The molecule has 0 aliphatic carbocycles. The highest BCUT2D eigenvalue weighted by atomic mass is 19.2. The first kappa shape index (κ1) is 21.5. The first-order chi connectivity index (χ1) is 12.9. The minimum Gasteiger partial charge on any atom is -0.464 e. The van der Waals surface area contributed by atoms with Crippen molar-refractivity contribution in [2.45, 2.75) is 50.2 Å². The van der Waals surface area contributed by atoms with Crippen LogP contribution in [0.15, 0.2) is 18.2 Å². The highest BCUT2D eigenvalue weighted by molar-refractivity contribution is 5.97. The average Bonchev–Trinajstić information content (AvgIpc) is 2.69. The van der Waals surface area contributed by atoms with Gasteiger partial charge in [0.25, 0.3) is 0 Å². The van der Waals surface area contributed by atoms with Gasteiger partial charge in [0.05, 0.1) is 5.60 Å². The third-order valence-electron chi connectivity index (χ3n) is 4.80. The lowest BCUT2D eigenvalue weighted by molar-refractivity contribution is -0.135. The number of carboxylic acid groups (broad SMARTS) is 2. The number of hydrogen-bond donors (Lipinski definition) is 4. The minimum atomic E-state index is -2.12. The standard InChI is InChI=1S/C18H22F2N2O6/c1-17(2,28)9-18(22(15(24)25)16(26)27)7-6-10(8-21-14(18)23)11-4-3-5-12(19)13(11)20/h3-5,10,28H,6-9H2,1-2H3,(H,21,23)(H,24,25)(H,26,27)/t10-,18-/m1/s1. The summed E-state index contributed by atoms with van der Waals surface area (Å²) in [6.07, 6.45) is -4.55. The van der Waals surface area contributed by atoms with Gasteiger partial charge in [-0.05, 0) is 38.3 Å². The normalized spacial score (nSPS) is 22.9. The SMILES string of the molecule is CC(C)(O)C[C@]1(N(C(=O)O)C(=O)O)CC[C@@H](c2cccc(F)c2F)CNC1=O. The molecule has 1 fully saturated rings. The van der Waals surface area contributed by atoms with E-state index in [0.717, 1.165) is 6.07 Å². The zero-order valence-corrected chi connectivity index (χ0v) is 15.4. The van der Waals surface area contributed by atoms with Crippen LogP contribution in [0, 0.1) is 11.6 Å². The van der Waals surface area contributed by atoms with Gasteiger partial charge in [0, 0.05) is 18.9 Å². The van der Waals surface area contributed by atoms with E-state index in [-0.39, 0.29) is 29.8 Å². The number of rotatable bonds is 4. The van der Waals surface area contributed by atoms with E-state index in [1.807, 2.05) is 0 Å². The Labute approximate surface area is 159 Å². The molecule has 1 heterocycles. The summed E-state index contributed by atoms with van der Waals surface area (Å²) in [5.74, 6) is -3.76. The molecule has 1 aliphatic heterocycles. The number of halogens is 2. The van der Waals surface area contributed by atoms with Crippen molar-refractivity contribution >= 4 is 18.1 Å². The fourth-order valence-corrected chi connectivity index (χ4v) is 3.73. The second kappa shape index (κ2) is 7.70. The third-order valence-corrected chi connectivity index (χ3v) is 4.80. The predicted molar refractivity (Wildman–Crippen MR) is 92.9 cm³/mol. The van der Waals surface area contributed by atoms with Crippen LogP contribution in [-0.2, 0) is 4.79 Å². The molecule has 1 aromatic rings. The van der Waals surface area contributed by atoms with E-state index in [2.05, 4.69) is 5.32 Å². The van der Waals surface area contributed by atoms with Gasteiger partial charge < -0.3 is 20.6 Å². The molecule has 28 heavy (non-hydrogen) atoms. The molecule has 0 saturated carbocycles. The van der Waals surface area contributed by atoms with E-state index in [4.69, 9.17) is 0 Å². The van der Waals surface area contributed by atoms with Gasteiger partial charge in [-0.15, -0.1) is 0 Å². The number of hydrogen-bond acceptors (Lipinski definition) is 4. The molecule has 0 aromatic heterocycles. The molecule has 0 unspecified atom stereocenters. The van der Waals surface area contributed by atoms with Gasteiger partial charge in [-0.25, -0.2) is 18.4 Å². The van der Waals surface area contributed by atoms with Gasteiger partial charge in [-0.1, -0.05) is 12.1 Å². The second-order valence-corrected chi connectivity index (χ2v) is 7.51. The van der Waals surface area contributed by atoms with Crippen LogP contribution in [0.4, 0.5) is 18.4 Å². The van der Waals surface area contributed by atoms with E-state index in [0.29, 0.717) is 0 Å². The lowest BCUT2D eigenvalue weighted by Crippen LogP contribution is -2.63. The largest absolute Gasteiger partial charge is 0.464 e. The number of imide groups is 1. The Hall–Kier alpha value is -2.75. The molecule has 0 radical (unpaired) electrons. The van der Waals surface area contributed by atoms with Crippen LogP contribution in [0.25, 0.3) is 0 Å². The van der Waals surface area contributed by atoms with Gasteiger partial charge in [0.1, 0.15) is 5.54 Å². The van der Waals surface area contributed by atoms with Crippen molar-refractivity contribution < 1.29 is 38.5 Å². The zero-order chi connectivity index (χ0) is 21.3. The Morgan fingerprint density at radius 1 is 1.29 bits per heavy atom. The Morgan fingerprint density at radius 2 is 1.89 bits per heavy atom. The topological polar surface area (TPSA) is 127 Å². The first-order valence-electron chi connectivity index (χ1n) is 8.60. The Bertz CT molecular complexity index is 781. The van der Waals surface area contributed by atoms with Crippen LogP contribution in [0.5, 0.6) is 0 Å². The molecule has 1 aromatic carbocycles. The third kappa shape index (κ3) is 4.22. The maximum atomic E-state index is 14.2. The maximum absolute atomic E-state index is 14.2. The lowest BCUT2D eigenvalue weighted by atomic mass is 9.79. The molecule has 0 spiro atoms. The van der Waals surface area contributed by atoms with Crippen molar-refractivity contribution in [3.05, 3.63) is 35.4 Å². The number of nitrogens with zero attached hydrogens (tertiary/aromatic N) is 1. The number of nitrogens with one attached hydrogen (secondary N) is 1. The van der Waals surface area contributed by atoms with Crippen LogP contribution < -0.4 is 5.32 Å². The van der Waals surface area contributed by atoms with Crippen LogP contribution in [-0.4, -0.2) is 56.0 Å². The molecule has 10 heteroatoms. The van der Waals surface area contributed by atoms with Gasteiger partial charge in [0.15, 0.2) is 11.6 Å². The summed E-state index contributed by atoms with van der Waals surface area (Å²) in [4.78, 5) is 36.0. The monoisotopic (exact) mass is 400 g/mol. The van der Waals surface area contributed by atoms with Crippen LogP contribution in [0.3, 0.4) is 0 Å². The zero-order valence-electron chi connectivity index (χ0n) is 15.4. The lowest BCUT2D eigenvalue weighted by Gasteiger charge is -2.40. The number of carbonyl (C=O) groups excluding carboxylic acids is 1. The summed E-state index contributed by atoms with van der Waals surface area (Å²) in [5, 5.41) is 31.5. The molecule has 2 rings (SSSR count). The fourth-order valence-electron chi connectivity index (χ4n) is 3.73. The Morgan fingerprint density at radius 3 is 2.43 bits per heavy atom. The predicted octanol–water partition coefficient (Wildman–Crippen LogP) is 2.52. The quantitative estimate of drug-likeness (QED) is 0.615. The van der Waals surface area contributed by atoms with Crippen molar-refractivity contribution in [1.29, 1.82) is 0 Å². The van der Waals surface area contributed by atoms with Crippen molar-refractivity contribution in [2.75, 3.05) is 6.54 Å². The summed E-state index contributed by atoms with van der Waals surface area (Å²) in [6.45, 7) is 2.50. The first-order valence-corrected chi connectivity index (χ1v) is 8.60. The second-order valence-electron chi connectivity index (χ2n) is 7.51. The van der Waals surface area contributed by atoms with Crippen molar-refractivity contribution in [1.82, 2.24) is 10.2 Å². The van der Waals surface area contributed by atoms with E-state index < -0.39 is 53.2 Å². The van der Waals surface area contributed by atoms with Crippen LogP contribution >= 0.6 is 0 Å². The highest BCUT2D eigenvalue weighted by Crippen LogP contribution is 2.38. The van der Waals surface area contributed by atoms with Crippen molar-refractivity contribution in [3.63, 3.8) is 0 Å².